The molecule has 4 nitrogen and oxygen atoms in total. The Bertz CT molecular complexity index is 1170. The zero-order chi connectivity index (χ0) is 20.8. The summed E-state index contributed by atoms with van der Waals surface area (Å²) < 4.78 is 41.8. The number of hydrogen-bond acceptors (Lipinski definition) is 4. The lowest BCUT2D eigenvalue weighted by Crippen LogP contribution is -2.18. The summed E-state index contributed by atoms with van der Waals surface area (Å²) >= 11 is 10.6. The highest BCUT2D eigenvalue weighted by atomic mass is 79.9. The average molecular weight is 502 g/mol. The van der Waals surface area contributed by atoms with Crippen LogP contribution in [0.5, 0.6) is 0 Å². The van der Waals surface area contributed by atoms with Gasteiger partial charge in [-0.15, -0.1) is 11.3 Å². The maximum atomic E-state index is 13.2. The maximum absolute atomic E-state index is 13.2. The Morgan fingerprint density at radius 2 is 1.86 bits per heavy atom. The molecule has 0 radical (unpaired) electrons. The van der Waals surface area contributed by atoms with Gasteiger partial charge >= 0.3 is 6.18 Å². The molecule has 0 atom stereocenters. The molecule has 0 spiro atoms. The van der Waals surface area contributed by atoms with Crippen LogP contribution in [0.15, 0.2) is 52.4 Å². The van der Waals surface area contributed by atoms with Crippen molar-refractivity contribution >= 4 is 55.5 Å². The number of rotatable bonds is 4. The average Bonchev–Trinajstić information content (AvgIpc) is 3.25. The van der Waals surface area contributed by atoms with Crippen molar-refractivity contribution in [2.45, 2.75) is 12.6 Å². The van der Waals surface area contributed by atoms with E-state index in [1.165, 1.54) is 11.3 Å². The van der Waals surface area contributed by atoms with Gasteiger partial charge in [-0.3, -0.25) is 4.40 Å². The minimum atomic E-state index is -4.37. The Morgan fingerprint density at radius 1 is 1.14 bits per heavy atom. The minimum Gasteiger partial charge on any atom is -0.305 e. The number of halogens is 5. The van der Waals surface area contributed by atoms with Gasteiger partial charge in [0, 0.05) is 33.7 Å². The molecule has 0 fully saturated rings. The van der Waals surface area contributed by atoms with Crippen LogP contribution in [0.2, 0.25) is 5.02 Å². The van der Waals surface area contributed by atoms with Gasteiger partial charge in [0.15, 0.2) is 5.13 Å². The number of pyridine rings is 1. The highest BCUT2D eigenvalue weighted by Crippen LogP contribution is 2.36. The first-order valence-corrected chi connectivity index (χ1v) is 10.4. The summed E-state index contributed by atoms with van der Waals surface area (Å²) in [6, 6.07) is 10.6. The van der Waals surface area contributed by atoms with Crippen LogP contribution in [0.25, 0.3) is 16.9 Å². The first-order chi connectivity index (χ1) is 13.7. The van der Waals surface area contributed by atoms with E-state index < -0.39 is 12.6 Å². The summed E-state index contributed by atoms with van der Waals surface area (Å²) in [4.78, 5) is 10.4. The Balaban J connectivity index is 1.78. The molecule has 29 heavy (non-hydrogen) atoms. The van der Waals surface area contributed by atoms with Crippen molar-refractivity contribution in [2.75, 3.05) is 11.9 Å². The molecule has 3 aromatic heterocycles. The molecule has 150 valence electrons. The van der Waals surface area contributed by atoms with E-state index in [9.17, 15) is 13.2 Å². The second kappa shape index (κ2) is 7.62. The van der Waals surface area contributed by atoms with Crippen molar-refractivity contribution in [1.29, 1.82) is 0 Å². The van der Waals surface area contributed by atoms with Crippen molar-refractivity contribution < 1.29 is 13.2 Å². The quantitative estimate of drug-likeness (QED) is 0.310. The van der Waals surface area contributed by atoms with E-state index in [0.717, 1.165) is 15.7 Å². The summed E-state index contributed by atoms with van der Waals surface area (Å²) in [7, 11) is 1.69. The Labute approximate surface area is 181 Å². The maximum Gasteiger partial charge on any atom is 0.394 e. The molecule has 0 saturated carbocycles. The molecule has 10 heteroatoms. The van der Waals surface area contributed by atoms with Crippen LogP contribution in [0.1, 0.15) is 5.69 Å². The van der Waals surface area contributed by atoms with Crippen molar-refractivity contribution in [1.82, 2.24) is 14.4 Å². The van der Waals surface area contributed by atoms with E-state index >= 15 is 0 Å². The molecule has 3 heterocycles. The second-order valence-electron chi connectivity index (χ2n) is 6.33. The van der Waals surface area contributed by atoms with Gasteiger partial charge in [-0.2, -0.15) is 13.2 Å². The zero-order valence-electron chi connectivity index (χ0n) is 14.9. The van der Waals surface area contributed by atoms with E-state index in [2.05, 4.69) is 25.9 Å². The fraction of sp³-hybridized carbons (Fsp3) is 0.158. The molecular formula is C19H13BrClF3N4S. The van der Waals surface area contributed by atoms with Gasteiger partial charge in [-0.05, 0) is 40.2 Å². The summed E-state index contributed by atoms with van der Waals surface area (Å²) in [5, 5.41) is 3.03. The second-order valence-corrected chi connectivity index (χ2v) is 8.52. The van der Waals surface area contributed by atoms with E-state index in [-0.39, 0.29) is 5.69 Å². The van der Waals surface area contributed by atoms with Crippen LogP contribution in [0.4, 0.5) is 24.1 Å². The first-order valence-electron chi connectivity index (χ1n) is 8.40. The van der Waals surface area contributed by atoms with Crippen LogP contribution in [0.3, 0.4) is 0 Å². The minimum absolute atomic E-state index is 0.0543. The topological polar surface area (TPSA) is 33.4 Å². The number of fused-ring (bicyclic) bond motifs is 1. The van der Waals surface area contributed by atoms with E-state index in [1.54, 1.807) is 46.8 Å². The lowest BCUT2D eigenvalue weighted by Gasteiger charge is -2.18. The molecule has 4 rings (SSSR count). The number of benzene rings is 1. The highest BCUT2D eigenvalue weighted by Gasteiger charge is 2.33. The predicted molar refractivity (Wildman–Crippen MR) is 113 cm³/mol. The van der Waals surface area contributed by atoms with Crippen LogP contribution < -0.4 is 4.90 Å². The molecule has 4 aromatic rings. The molecule has 0 N–H and O–H groups in total. The largest absolute Gasteiger partial charge is 0.394 e. The third-order valence-corrected chi connectivity index (χ3v) is 5.87. The Hall–Kier alpha value is -2.10. The molecule has 0 aliphatic heterocycles. The molecule has 1 aromatic carbocycles. The van der Waals surface area contributed by atoms with Crippen LogP contribution in [-0.4, -0.2) is 27.6 Å². The van der Waals surface area contributed by atoms with Gasteiger partial charge in [0.25, 0.3) is 0 Å². The zero-order valence-corrected chi connectivity index (χ0v) is 18.1. The van der Waals surface area contributed by atoms with E-state index in [4.69, 9.17) is 11.6 Å². The number of alkyl halides is 3. The highest BCUT2D eigenvalue weighted by molar-refractivity contribution is 9.10. The van der Waals surface area contributed by atoms with E-state index in [1.807, 2.05) is 17.5 Å². The molecule has 0 unspecified atom stereocenters. The summed E-state index contributed by atoms with van der Waals surface area (Å²) in [5.74, 6) is 0.329. The third-order valence-electron chi connectivity index (χ3n) is 4.23. The van der Waals surface area contributed by atoms with Crippen LogP contribution in [-0.2, 0) is 6.42 Å². The number of imidazole rings is 1. The van der Waals surface area contributed by atoms with Gasteiger partial charge < -0.3 is 4.90 Å². The lowest BCUT2D eigenvalue weighted by atomic mass is 10.2. The summed E-state index contributed by atoms with van der Waals surface area (Å²) in [6.45, 7) is 0. The van der Waals surface area contributed by atoms with Gasteiger partial charge in [-0.25, -0.2) is 9.97 Å². The van der Waals surface area contributed by atoms with Gasteiger partial charge in [-0.1, -0.05) is 23.7 Å². The number of nitrogens with zero attached hydrogens (tertiary/aromatic N) is 4. The number of hydrogen-bond donors (Lipinski definition) is 0. The van der Waals surface area contributed by atoms with Crippen LogP contribution in [0, 0.1) is 0 Å². The fourth-order valence-corrected chi connectivity index (χ4v) is 4.25. The van der Waals surface area contributed by atoms with Gasteiger partial charge in [0.05, 0.1) is 17.8 Å². The molecular weight excluding hydrogens is 489 g/mol. The van der Waals surface area contributed by atoms with Crippen molar-refractivity contribution in [2.24, 2.45) is 0 Å². The summed E-state index contributed by atoms with van der Waals surface area (Å²) in [5.41, 5.74) is 1.98. The Kier molecular flexibility index (Phi) is 5.30. The lowest BCUT2D eigenvalue weighted by molar-refractivity contribution is -0.127. The molecule has 0 aliphatic rings. The Morgan fingerprint density at radius 3 is 2.55 bits per heavy atom. The van der Waals surface area contributed by atoms with Crippen LogP contribution >= 0.6 is 38.9 Å². The smallest absolute Gasteiger partial charge is 0.305 e. The summed E-state index contributed by atoms with van der Waals surface area (Å²) in [6.07, 6.45) is -3.80. The SMILES string of the molecule is CN(c1nc(-c2ccc(Cl)cc2)cs1)c1c(CC(F)(F)F)nc2ccc(Br)cn12. The van der Waals surface area contributed by atoms with Crippen molar-refractivity contribution in [3.63, 3.8) is 0 Å². The third kappa shape index (κ3) is 4.26. The fourth-order valence-electron chi connectivity index (χ4n) is 2.98. The monoisotopic (exact) mass is 500 g/mol. The number of thiazole rings is 1. The molecule has 0 amide bonds. The standard InChI is InChI=1S/C19H13BrClF3N4S/c1-27(18-26-15(10-29-18)11-2-5-13(21)6-3-11)17-14(8-19(22,23)24)25-16-7-4-12(20)9-28(16)17/h2-7,9-10H,8H2,1H3. The molecule has 0 saturated heterocycles. The number of anilines is 2. The molecule has 0 aliphatic carbocycles. The predicted octanol–water partition coefficient (Wildman–Crippen LogP) is 6.75. The normalized spacial score (nSPS) is 11.9. The number of aromatic nitrogens is 3. The van der Waals surface area contributed by atoms with Crippen molar-refractivity contribution in [3.05, 3.63) is 63.2 Å². The molecule has 0 bridgehead atoms. The van der Waals surface area contributed by atoms with E-state index in [0.29, 0.717) is 21.6 Å². The van der Waals surface area contributed by atoms with Gasteiger partial charge in [0.2, 0.25) is 0 Å². The van der Waals surface area contributed by atoms with Crippen molar-refractivity contribution in [3.8, 4) is 11.3 Å². The van der Waals surface area contributed by atoms with Gasteiger partial charge in [0.1, 0.15) is 11.5 Å². The first kappa shape index (κ1) is 20.2.